The molecule has 0 bridgehead atoms. The maximum Gasteiger partial charge on any atom is 0.133 e. The fourth-order valence-electron chi connectivity index (χ4n) is 10.1. The van der Waals surface area contributed by atoms with Gasteiger partial charge in [-0.2, -0.15) is 0 Å². The molecule has 3 aliphatic rings. The van der Waals surface area contributed by atoms with Gasteiger partial charge in [-0.1, -0.05) is 194 Å². The normalized spacial score (nSPS) is 15.4. The molecule has 0 saturated carbocycles. The minimum atomic E-state index is -0.518. The summed E-state index contributed by atoms with van der Waals surface area (Å²) in [5.74, 6) is 0.863. The molecule has 0 amide bonds. The molecule has 1 aliphatic carbocycles. The lowest BCUT2D eigenvalue weighted by Gasteiger charge is -2.45. The van der Waals surface area contributed by atoms with Crippen LogP contribution in [-0.2, 0) is 5.41 Å². The molecule has 9 aromatic carbocycles. The van der Waals surface area contributed by atoms with Gasteiger partial charge in [0.1, 0.15) is 5.84 Å². The van der Waals surface area contributed by atoms with E-state index in [1.807, 2.05) is 0 Å². The van der Waals surface area contributed by atoms with Crippen molar-refractivity contribution in [2.24, 2.45) is 4.99 Å². The Hall–Kier alpha value is -8.01. The fourth-order valence-corrected chi connectivity index (χ4v) is 10.1. The molecule has 2 heterocycles. The number of hydrogen-bond donors (Lipinski definition) is 1. The Balaban J connectivity index is 0.986. The number of benzene rings is 9. The van der Waals surface area contributed by atoms with E-state index in [2.05, 4.69) is 247 Å². The smallest absolute Gasteiger partial charge is 0.133 e. The minimum absolute atomic E-state index is 0.157. The van der Waals surface area contributed by atoms with Crippen LogP contribution < -0.4 is 10.2 Å². The number of anilines is 3. The first-order valence-corrected chi connectivity index (χ1v) is 21.4. The van der Waals surface area contributed by atoms with Crippen LogP contribution in [0.1, 0.15) is 45.0 Å². The summed E-state index contributed by atoms with van der Waals surface area (Å²) in [4.78, 5) is 7.71. The molecule has 292 valence electrons. The van der Waals surface area contributed by atoms with Crippen molar-refractivity contribution in [1.82, 2.24) is 5.32 Å². The summed E-state index contributed by atoms with van der Waals surface area (Å²) < 4.78 is 0. The highest BCUT2D eigenvalue weighted by Gasteiger charge is 2.51. The molecule has 3 nitrogen and oxygen atoms in total. The molecule has 12 rings (SSSR count). The number of nitrogens with zero attached hydrogens (tertiary/aromatic N) is 2. The molecule has 1 atom stereocenters. The van der Waals surface area contributed by atoms with E-state index in [-0.39, 0.29) is 6.04 Å². The molecule has 0 saturated heterocycles. The zero-order chi connectivity index (χ0) is 41.0. The van der Waals surface area contributed by atoms with Crippen LogP contribution in [0.4, 0.5) is 17.1 Å². The zero-order valence-electron chi connectivity index (χ0n) is 34.0. The highest BCUT2D eigenvalue weighted by molar-refractivity contribution is 6.05. The van der Waals surface area contributed by atoms with E-state index in [9.17, 15) is 0 Å². The molecule has 0 fully saturated rings. The van der Waals surface area contributed by atoms with Crippen molar-refractivity contribution < 1.29 is 0 Å². The van der Waals surface area contributed by atoms with Crippen molar-refractivity contribution >= 4 is 28.6 Å². The number of nitrogens with one attached hydrogen (secondary N) is 1. The molecule has 1 N–H and O–H groups in total. The average Bonchev–Trinajstić information content (AvgIpc) is 3.65. The second-order valence-corrected chi connectivity index (χ2v) is 16.3. The summed E-state index contributed by atoms with van der Waals surface area (Å²) in [6.45, 7) is 0. The van der Waals surface area contributed by atoms with Crippen LogP contribution in [0.3, 0.4) is 0 Å². The number of para-hydroxylation sites is 3. The van der Waals surface area contributed by atoms with E-state index >= 15 is 0 Å². The predicted molar refractivity (Wildman–Crippen MR) is 256 cm³/mol. The summed E-state index contributed by atoms with van der Waals surface area (Å²) in [6, 6.07) is 83.6. The van der Waals surface area contributed by atoms with Gasteiger partial charge in [0.05, 0.1) is 22.8 Å². The van der Waals surface area contributed by atoms with Crippen LogP contribution in [0.2, 0.25) is 0 Å². The largest absolute Gasteiger partial charge is 0.340 e. The Morgan fingerprint density at radius 2 is 0.903 bits per heavy atom. The molecule has 0 aromatic heterocycles. The van der Waals surface area contributed by atoms with Gasteiger partial charge in [0.2, 0.25) is 0 Å². The molecule has 3 heteroatoms. The van der Waals surface area contributed by atoms with Crippen molar-refractivity contribution in [3.05, 3.63) is 276 Å². The van der Waals surface area contributed by atoms with E-state index in [1.165, 1.54) is 61.4 Å². The third-order valence-corrected chi connectivity index (χ3v) is 12.9. The van der Waals surface area contributed by atoms with Crippen LogP contribution >= 0.6 is 0 Å². The summed E-state index contributed by atoms with van der Waals surface area (Å²) in [5.41, 5.74) is 19.9. The van der Waals surface area contributed by atoms with Gasteiger partial charge in [-0.3, -0.25) is 4.99 Å². The number of fused-ring (bicyclic) bond motifs is 9. The van der Waals surface area contributed by atoms with Crippen molar-refractivity contribution in [1.29, 1.82) is 0 Å². The molecule has 1 unspecified atom stereocenters. The lowest BCUT2D eigenvalue weighted by Crippen LogP contribution is -2.36. The second kappa shape index (κ2) is 14.6. The Labute approximate surface area is 362 Å². The molecule has 9 aromatic rings. The Bertz CT molecular complexity index is 3160. The first-order chi connectivity index (χ1) is 30.7. The number of amidine groups is 1. The Morgan fingerprint density at radius 3 is 1.61 bits per heavy atom. The van der Waals surface area contributed by atoms with E-state index in [4.69, 9.17) is 4.99 Å². The molecule has 1 spiro atoms. The number of rotatable bonds is 6. The third-order valence-electron chi connectivity index (χ3n) is 12.9. The number of aliphatic imine (C=N–C) groups is 1. The van der Waals surface area contributed by atoms with Gasteiger partial charge >= 0.3 is 0 Å². The van der Waals surface area contributed by atoms with Gasteiger partial charge in [0.15, 0.2) is 0 Å². The zero-order valence-corrected chi connectivity index (χ0v) is 34.0. The SMILES string of the molecule is C1=C(c2cccc(-c3ccc4c(c3)C3(c5ccccc5-4)c4ccccc4N(c4ccccc4)c4ccccc43)c2)NC(c2ccccc2)=NC1c1ccc(-c2ccccc2)cc1. The van der Waals surface area contributed by atoms with Crippen LogP contribution in [-0.4, -0.2) is 5.84 Å². The van der Waals surface area contributed by atoms with E-state index in [0.29, 0.717) is 0 Å². The van der Waals surface area contributed by atoms with Crippen molar-refractivity contribution in [2.75, 3.05) is 4.90 Å². The highest BCUT2D eigenvalue weighted by Crippen LogP contribution is 2.63. The molecule has 62 heavy (non-hydrogen) atoms. The van der Waals surface area contributed by atoms with Crippen molar-refractivity contribution in [3.63, 3.8) is 0 Å². The van der Waals surface area contributed by atoms with E-state index < -0.39 is 5.41 Å². The summed E-state index contributed by atoms with van der Waals surface area (Å²) in [7, 11) is 0. The maximum atomic E-state index is 5.28. The monoisotopic (exact) mass is 791 g/mol. The van der Waals surface area contributed by atoms with Crippen LogP contribution in [0, 0.1) is 0 Å². The Kier molecular flexibility index (Phi) is 8.46. The van der Waals surface area contributed by atoms with Gasteiger partial charge in [-0.15, -0.1) is 0 Å². The van der Waals surface area contributed by atoms with Crippen LogP contribution in [0.5, 0.6) is 0 Å². The van der Waals surface area contributed by atoms with Crippen molar-refractivity contribution in [2.45, 2.75) is 11.5 Å². The van der Waals surface area contributed by atoms with Gasteiger partial charge in [-0.25, -0.2) is 0 Å². The quantitative estimate of drug-likeness (QED) is 0.182. The lowest BCUT2D eigenvalue weighted by molar-refractivity contribution is 0.753. The van der Waals surface area contributed by atoms with E-state index in [0.717, 1.165) is 39.5 Å². The Morgan fingerprint density at radius 1 is 0.387 bits per heavy atom. The van der Waals surface area contributed by atoms with Gasteiger partial charge < -0.3 is 10.2 Å². The molecular weight excluding hydrogens is 751 g/mol. The topological polar surface area (TPSA) is 27.6 Å². The maximum absolute atomic E-state index is 5.28. The molecular formula is C59H41N3. The third kappa shape index (κ3) is 5.70. The van der Waals surface area contributed by atoms with Crippen molar-refractivity contribution in [3.8, 4) is 33.4 Å². The first kappa shape index (κ1) is 35.9. The molecule has 2 aliphatic heterocycles. The second-order valence-electron chi connectivity index (χ2n) is 16.3. The van der Waals surface area contributed by atoms with E-state index in [1.54, 1.807) is 0 Å². The van der Waals surface area contributed by atoms with Gasteiger partial charge in [0.25, 0.3) is 0 Å². The van der Waals surface area contributed by atoms with Gasteiger partial charge in [-0.05, 0) is 109 Å². The average molecular weight is 792 g/mol. The van der Waals surface area contributed by atoms with Crippen LogP contribution in [0.25, 0.3) is 39.1 Å². The van der Waals surface area contributed by atoms with Gasteiger partial charge in [0, 0.05) is 16.9 Å². The summed E-state index contributed by atoms with van der Waals surface area (Å²) in [5, 5.41) is 3.75. The summed E-state index contributed by atoms with van der Waals surface area (Å²) >= 11 is 0. The fraction of sp³-hybridized carbons (Fsp3) is 0.0339. The van der Waals surface area contributed by atoms with Crippen LogP contribution in [0.15, 0.2) is 242 Å². The highest BCUT2D eigenvalue weighted by atomic mass is 15.2. The first-order valence-electron chi connectivity index (χ1n) is 21.4. The number of hydrogen-bond acceptors (Lipinski definition) is 3. The summed E-state index contributed by atoms with van der Waals surface area (Å²) in [6.07, 6.45) is 2.27. The lowest BCUT2D eigenvalue weighted by atomic mass is 9.64. The minimum Gasteiger partial charge on any atom is -0.340 e. The standard InChI is InChI=1S/C59H41N3/c1-4-17-40(18-5-1)41-31-33-42(34-32-41)54-39-55(61-58(60-54)43-19-6-2-7-20-43)46-22-16-21-44(37-46)45-35-36-49-48-25-10-11-26-50(48)59(53(49)38-45)51-27-12-14-29-56(51)62(47-23-8-3-9-24-47)57-30-15-13-28-52(57)59/h1-39,54H,(H,60,61). The predicted octanol–water partition coefficient (Wildman–Crippen LogP) is 14.3. The molecule has 0 radical (unpaired) electrons.